The Hall–Kier alpha value is -2.41. The molecule has 0 spiro atoms. The summed E-state index contributed by atoms with van der Waals surface area (Å²) in [7, 11) is 0. The van der Waals surface area contributed by atoms with Crippen molar-refractivity contribution < 1.29 is 19.3 Å². The number of rotatable bonds is 7. The molecule has 6 nitrogen and oxygen atoms in total. The molecule has 166 valence electrons. The fourth-order valence-electron chi connectivity index (χ4n) is 4.99. The molecule has 0 bridgehead atoms. The van der Waals surface area contributed by atoms with Crippen LogP contribution in [0.15, 0.2) is 60.7 Å². The zero-order valence-corrected chi connectivity index (χ0v) is 18.6. The Morgan fingerprint density at radius 2 is 1.58 bits per heavy atom. The number of amides is 1. The Bertz CT molecular complexity index is 803. The van der Waals surface area contributed by atoms with Crippen LogP contribution in [0.2, 0.25) is 0 Å². The second-order valence-electron chi connectivity index (χ2n) is 8.76. The first kappa shape index (κ1) is 21.8. The largest absolute Gasteiger partial charge is 0.370 e. The van der Waals surface area contributed by atoms with Crippen LogP contribution in [0.25, 0.3) is 0 Å². The molecule has 0 saturated carbocycles. The highest BCUT2D eigenvalue weighted by molar-refractivity contribution is 5.77. The lowest BCUT2D eigenvalue weighted by atomic mass is 9.98. The van der Waals surface area contributed by atoms with Crippen molar-refractivity contribution in [1.29, 1.82) is 0 Å². The molecule has 2 aliphatic rings. The number of morpholine rings is 1. The van der Waals surface area contributed by atoms with Crippen LogP contribution in [0.5, 0.6) is 0 Å². The van der Waals surface area contributed by atoms with Gasteiger partial charge in [0, 0.05) is 11.3 Å². The molecule has 2 saturated heterocycles. The lowest BCUT2D eigenvalue weighted by molar-refractivity contribution is -0.940. The average Bonchev–Trinajstić information content (AvgIpc) is 2.82. The molecule has 0 unspecified atom stereocenters. The number of ether oxygens (including phenoxy) is 1. The summed E-state index contributed by atoms with van der Waals surface area (Å²) in [6, 6.07) is 21.5. The Morgan fingerprint density at radius 1 is 0.968 bits per heavy atom. The van der Waals surface area contributed by atoms with Crippen LogP contribution in [0, 0.1) is 0 Å². The van der Waals surface area contributed by atoms with Crippen LogP contribution in [-0.4, -0.2) is 71.0 Å². The van der Waals surface area contributed by atoms with Crippen molar-refractivity contribution in [3.63, 3.8) is 0 Å². The van der Waals surface area contributed by atoms with E-state index in [1.165, 1.54) is 21.1 Å². The number of carbonyl (C=O) groups is 1. The summed E-state index contributed by atoms with van der Waals surface area (Å²) in [5, 5.41) is 3.33. The molecule has 2 heterocycles. The Morgan fingerprint density at radius 3 is 2.23 bits per heavy atom. The number of carbonyl (C=O) groups excluding carboxylic acids is 1. The summed E-state index contributed by atoms with van der Waals surface area (Å²) in [5.74, 6) is 0.157. The van der Waals surface area contributed by atoms with Gasteiger partial charge in [-0.2, -0.15) is 0 Å². The second-order valence-corrected chi connectivity index (χ2v) is 8.76. The van der Waals surface area contributed by atoms with Gasteiger partial charge in [-0.15, -0.1) is 0 Å². The molecule has 3 N–H and O–H groups in total. The van der Waals surface area contributed by atoms with Crippen molar-refractivity contribution in [3.8, 4) is 0 Å². The predicted molar refractivity (Wildman–Crippen MR) is 123 cm³/mol. The number of piperazine rings is 1. The molecule has 0 aromatic heterocycles. The number of quaternary nitrogens is 2. The van der Waals surface area contributed by atoms with E-state index in [0.717, 1.165) is 52.5 Å². The summed E-state index contributed by atoms with van der Waals surface area (Å²) < 4.78 is 5.57. The number of para-hydroxylation sites is 1. The molecule has 2 aliphatic heterocycles. The zero-order chi connectivity index (χ0) is 21.5. The highest BCUT2D eigenvalue weighted by Gasteiger charge is 2.33. The van der Waals surface area contributed by atoms with E-state index in [1.807, 2.05) is 0 Å². The summed E-state index contributed by atoms with van der Waals surface area (Å²) in [5.41, 5.74) is 2.56. The number of nitrogens with zero attached hydrogens (tertiary/aromatic N) is 1. The average molecular weight is 425 g/mol. The van der Waals surface area contributed by atoms with Crippen LogP contribution in [0.1, 0.15) is 18.5 Å². The lowest BCUT2D eigenvalue weighted by Gasteiger charge is -2.36. The molecule has 4 rings (SSSR count). The van der Waals surface area contributed by atoms with Gasteiger partial charge in [0.15, 0.2) is 6.54 Å². The predicted octanol–water partition coefficient (Wildman–Crippen LogP) is -0.447. The first-order valence-electron chi connectivity index (χ1n) is 11.6. The maximum Gasteiger partial charge on any atom is 0.275 e. The van der Waals surface area contributed by atoms with E-state index in [0.29, 0.717) is 6.54 Å². The van der Waals surface area contributed by atoms with Gasteiger partial charge in [-0.25, -0.2) is 0 Å². The topological polar surface area (TPSA) is 50.5 Å². The van der Waals surface area contributed by atoms with E-state index in [4.69, 9.17) is 4.74 Å². The Labute approximate surface area is 185 Å². The minimum Gasteiger partial charge on any atom is -0.370 e. The first-order valence-corrected chi connectivity index (χ1v) is 11.6. The minimum absolute atomic E-state index is 0.0769. The smallest absolute Gasteiger partial charge is 0.275 e. The van der Waals surface area contributed by atoms with Gasteiger partial charge in [-0.1, -0.05) is 48.5 Å². The van der Waals surface area contributed by atoms with E-state index in [2.05, 4.69) is 77.8 Å². The van der Waals surface area contributed by atoms with Gasteiger partial charge >= 0.3 is 0 Å². The van der Waals surface area contributed by atoms with E-state index >= 15 is 0 Å². The van der Waals surface area contributed by atoms with Gasteiger partial charge < -0.3 is 24.8 Å². The van der Waals surface area contributed by atoms with Crippen LogP contribution in [-0.2, 0) is 9.53 Å². The van der Waals surface area contributed by atoms with Crippen LogP contribution >= 0.6 is 0 Å². The van der Waals surface area contributed by atoms with Gasteiger partial charge in [0.25, 0.3) is 5.91 Å². The fraction of sp³-hybridized carbons (Fsp3) is 0.480. The molecule has 2 fully saturated rings. The van der Waals surface area contributed by atoms with Crippen LogP contribution in [0.3, 0.4) is 0 Å². The van der Waals surface area contributed by atoms with Crippen molar-refractivity contribution in [2.24, 2.45) is 0 Å². The molecular weight excluding hydrogens is 388 g/mol. The third kappa shape index (κ3) is 5.85. The molecule has 0 aliphatic carbocycles. The van der Waals surface area contributed by atoms with Gasteiger partial charge in [0.2, 0.25) is 0 Å². The molecule has 2 atom stereocenters. The summed E-state index contributed by atoms with van der Waals surface area (Å²) in [6.45, 7) is 10.2. The standard InChI is InChI=1S/C25H34N4O2/c1-21(25(22-8-4-2-5-9-22)29-16-18-31-19-17-29)26-24(30)20-27-12-14-28(15-13-27)23-10-6-3-7-11-23/h2-11,21,25H,12-20H2,1H3,(H,26,30)/p+2/t21-,25+/m0/s1. The zero-order valence-electron chi connectivity index (χ0n) is 18.6. The van der Waals surface area contributed by atoms with Crippen molar-refractivity contribution in [1.82, 2.24) is 5.32 Å². The second kappa shape index (κ2) is 10.8. The van der Waals surface area contributed by atoms with Crippen molar-refractivity contribution in [3.05, 3.63) is 66.2 Å². The van der Waals surface area contributed by atoms with Crippen LogP contribution in [0.4, 0.5) is 5.69 Å². The third-order valence-electron chi connectivity index (χ3n) is 6.62. The highest BCUT2D eigenvalue weighted by atomic mass is 16.5. The molecule has 31 heavy (non-hydrogen) atoms. The highest BCUT2D eigenvalue weighted by Crippen LogP contribution is 2.14. The van der Waals surface area contributed by atoms with Gasteiger partial charge in [-0.05, 0) is 19.1 Å². The summed E-state index contributed by atoms with van der Waals surface area (Å²) in [6.07, 6.45) is 0. The minimum atomic E-state index is 0.0769. The maximum absolute atomic E-state index is 12.9. The molecule has 0 radical (unpaired) electrons. The number of anilines is 1. The van der Waals surface area contributed by atoms with E-state index in [1.54, 1.807) is 0 Å². The van der Waals surface area contributed by atoms with Gasteiger partial charge in [-0.3, -0.25) is 4.79 Å². The monoisotopic (exact) mass is 424 g/mol. The normalized spacial score (nSPS) is 20.2. The Kier molecular flexibility index (Phi) is 7.57. The Balaban J connectivity index is 1.31. The molecular formula is C25H36N4O2+2. The van der Waals surface area contributed by atoms with Crippen LogP contribution < -0.4 is 20.0 Å². The van der Waals surface area contributed by atoms with E-state index in [9.17, 15) is 4.79 Å². The lowest BCUT2D eigenvalue weighted by Crippen LogP contribution is -3.16. The van der Waals surface area contributed by atoms with Gasteiger partial charge in [0.05, 0.1) is 45.4 Å². The summed E-state index contributed by atoms with van der Waals surface area (Å²) >= 11 is 0. The molecule has 6 heteroatoms. The van der Waals surface area contributed by atoms with Crippen molar-refractivity contribution in [2.45, 2.75) is 19.0 Å². The molecule has 2 aromatic rings. The quantitative estimate of drug-likeness (QED) is 0.565. The van der Waals surface area contributed by atoms with Crippen molar-refractivity contribution in [2.75, 3.05) is 63.9 Å². The number of hydrogen-bond acceptors (Lipinski definition) is 3. The molecule has 2 aromatic carbocycles. The fourth-order valence-corrected chi connectivity index (χ4v) is 4.99. The number of hydrogen-bond donors (Lipinski definition) is 3. The van der Waals surface area contributed by atoms with Crippen molar-refractivity contribution >= 4 is 11.6 Å². The number of nitrogens with one attached hydrogen (secondary N) is 3. The first-order chi connectivity index (χ1) is 15.2. The summed E-state index contributed by atoms with van der Waals surface area (Å²) in [4.78, 5) is 18.2. The maximum atomic E-state index is 12.9. The van der Waals surface area contributed by atoms with E-state index < -0.39 is 0 Å². The van der Waals surface area contributed by atoms with Gasteiger partial charge in [0.1, 0.15) is 19.1 Å². The number of benzene rings is 2. The van der Waals surface area contributed by atoms with E-state index in [-0.39, 0.29) is 18.0 Å². The third-order valence-corrected chi connectivity index (χ3v) is 6.62. The SMILES string of the molecule is C[C@H](NC(=O)C[NH+]1CCN(c2ccccc2)CC1)[C@H](c1ccccc1)[NH+]1CCOCC1. The molecule has 1 amide bonds.